The van der Waals surface area contributed by atoms with Crippen LogP contribution in [0.5, 0.6) is 0 Å². The molecule has 1 saturated carbocycles. The molecule has 1 saturated heterocycles. The highest BCUT2D eigenvalue weighted by Crippen LogP contribution is 2.26. The maximum Gasteiger partial charge on any atom is 0.0682 e. The lowest BCUT2D eigenvalue weighted by Gasteiger charge is -2.36. The number of aliphatic hydroxyl groups is 1. The Kier molecular flexibility index (Phi) is 4.04. The van der Waals surface area contributed by atoms with Gasteiger partial charge in [-0.05, 0) is 37.0 Å². The third-order valence-corrected chi connectivity index (χ3v) is 4.58. The molecule has 3 rings (SSSR count). The van der Waals surface area contributed by atoms with E-state index in [9.17, 15) is 5.11 Å². The van der Waals surface area contributed by atoms with Gasteiger partial charge in [0.25, 0.3) is 0 Å². The Labute approximate surface area is 115 Å². The number of rotatable bonds is 3. The van der Waals surface area contributed by atoms with Gasteiger partial charge in [-0.25, -0.2) is 0 Å². The summed E-state index contributed by atoms with van der Waals surface area (Å²) in [7, 11) is 0. The molecule has 0 bridgehead atoms. The van der Waals surface area contributed by atoms with E-state index < -0.39 is 0 Å². The van der Waals surface area contributed by atoms with E-state index in [0.717, 1.165) is 24.7 Å². The lowest BCUT2D eigenvalue weighted by atomic mass is 9.91. The first-order valence-electron chi connectivity index (χ1n) is 7.55. The van der Waals surface area contributed by atoms with Crippen LogP contribution in [0.25, 0.3) is 0 Å². The average molecular weight is 260 g/mol. The van der Waals surface area contributed by atoms with Crippen molar-refractivity contribution in [3.63, 3.8) is 0 Å². The Bertz CT molecular complexity index is 417. The highest BCUT2D eigenvalue weighted by molar-refractivity contribution is 5.48. The smallest absolute Gasteiger partial charge is 0.0682 e. The van der Waals surface area contributed by atoms with Crippen LogP contribution < -0.4 is 4.90 Å². The second-order valence-corrected chi connectivity index (χ2v) is 5.79. The SMILES string of the molecule is OCc1cccc(N2CCCN(C3CCC3)CC2)c1. The molecule has 0 atom stereocenters. The third kappa shape index (κ3) is 2.93. The van der Waals surface area contributed by atoms with E-state index in [1.54, 1.807) is 0 Å². The van der Waals surface area contributed by atoms with Crippen molar-refractivity contribution in [2.24, 2.45) is 0 Å². The van der Waals surface area contributed by atoms with Crippen molar-refractivity contribution < 1.29 is 5.11 Å². The number of nitrogens with zero attached hydrogens (tertiary/aromatic N) is 2. The summed E-state index contributed by atoms with van der Waals surface area (Å²) in [4.78, 5) is 5.15. The molecule has 1 aromatic carbocycles. The van der Waals surface area contributed by atoms with Gasteiger partial charge in [0, 0.05) is 37.9 Å². The van der Waals surface area contributed by atoms with Crippen molar-refractivity contribution in [1.29, 1.82) is 0 Å². The van der Waals surface area contributed by atoms with E-state index in [-0.39, 0.29) is 6.61 Å². The normalized spacial score (nSPS) is 22.1. The number of anilines is 1. The molecule has 3 heteroatoms. The Morgan fingerprint density at radius 1 is 1.05 bits per heavy atom. The summed E-state index contributed by atoms with van der Waals surface area (Å²) in [5.74, 6) is 0. The van der Waals surface area contributed by atoms with Crippen LogP contribution >= 0.6 is 0 Å². The van der Waals surface area contributed by atoms with Gasteiger partial charge in [0.1, 0.15) is 0 Å². The number of aliphatic hydroxyl groups excluding tert-OH is 1. The molecule has 104 valence electrons. The van der Waals surface area contributed by atoms with Crippen LogP contribution in [0.3, 0.4) is 0 Å². The van der Waals surface area contributed by atoms with Gasteiger partial charge >= 0.3 is 0 Å². The van der Waals surface area contributed by atoms with E-state index in [4.69, 9.17) is 0 Å². The summed E-state index contributed by atoms with van der Waals surface area (Å²) < 4.78 is 0. The molecule has 1 aromatic rings. The van der Waals surface area contributed by atoms with Gasteiger partial charge in [-0.15, -0.1) is 0 Å². The van der Waals surface area contributed by atoms with E-state index in [0.29, 0.717) is 0 Å². The van der Waals surface area contributed by atoms with Gasteiger partial charge in [-0.3, -0.25) is 4.90 Å². The fourth-order valence-corrected chi connectivity index (χ4v) is 3.16. The van der Waals surface area contributed by atoms with Gasteiger partial charge < -0.3 is 10.0 Å². The van der Waals surface area contributed by atoms with Crippen molar-refractivity contribution >= 4 is 5.69 Å². The maximum absolute atomic E-state index is 9.24. The predicted octanol–water partition coefficient (Wildman–Crippen LogP) is 2.24. The highest BCUT2D eigenvalue weighted by Gasteiger charge is 2.26. The van der Waals surface area contributed by atoms with Crippen molar-refractivity contribution in [3.05, 3.63) is 29.8 Å². The topological polar surface area (TPSA) is 26.7 Å². The average Bonchev–Trinajstić information content (AvgIpc) is 2.63. The first-order chi connectivity index (χ1) is 9.36. The number of hydrogen-bond acceptors (Lipinski definition) is 3. The summed E-state index contributed by atoms with van der Waals surface area (Å²) in [6, 6.07) is 9.19. The van der Waals surface area contributed by atoms with Crippen molar-refractivity contribution in [1.82, 2.24) is 4.90 Å². The van der Waals surface area contributed by atoms with Gasteiger partial charge in [0.05, 0.1) is 6.61 Å². The van der Waals surface area contributed by atoms with Crippen LogP contribution in [0.15, 0.2) is 24.3 Å². The van der Waals surface area contributed by atoms with Crippen LogP contribution in [0.2, 0.25) is 0 Å². The van der Waals surface area contributed by atoms with Crippen LogP contribution in [0.4, 0.5) is 5.69 Å². The first kappa shape index (κ1) is 12.9. The van der Waals surface area contributed by atoms with Gasteiger partial charge in [-0.1, -0.05) is 18.6 Å². The monoisotopic (exact) mass is 260 g/mol. The quantitative estimate of drug-likeness (QED) is 0.903. The number of benzene rings is 1. The Hall–Kier alpha value is -1.06. The molecule has 1 aliphatic heterocycles. The van der Waals surface area contributed by atoms with Crippen LogP contribution in [0.1, 0.15) is 31.2 Å². The second-order valence-electron chi connectivity index (χ2n) is 5.79. The Morgan fingerprint density at radius 3 is 2.68 bits per heavy atom. The molecule has 1 N–H and O–H groups in total. The molecule has 19 heavy (non-hydrogen) atoms. The standard InChI is InChI=1S/C16H24N2O/c19-13-14-4-1-7-16(12-14)18-9-3-8-17(10-11-18)15-5-2-6-15/h1,4,7,12,15,19H,2-3,5-6,8-11,13H2. The fourth-order valence-electron chi connectivity index (χ4n) is 3.16. The fraction of sp³-hybridized carbons (Fsp3) is 0.625. The third-order valence-electron chi connectivity index (χ3n) is 4.58. The van der Waals surface area contributed by atoms with Crippen molar-refractivity contribution in [3.8, 4) is 0 Å². The largest absolute Gasteiger partial charge is 0.392 e. The van der Waals surface area contributed by atoms with Gasteiger partial charge in [0.15, 0.2) is 0 Å². The summed E-state index contributed by atoms with van der Waals surface area (Å²) in [6.45, 7) is 4.83. The Morgan fingerprint density at radius 2 is 1.95 bits per heavy atom. The molecular weight excluding hydrogens is 236 g/mol. The summed E-state index contributed by atoms with van der Waals surface area (Å²) in [5, 5.41) is 9.24. The highest BCUT2D eigenvalue weighted by atomic mass is 16.3. The maximum atomic E-state index is 9.24. The molecule has 0 unspecified atom stereocenters. The summed E-state index contributed by atoms with van der Waals surface area (Å²) in [6.07, 6.45) is 5.48. The molecule has 2 fully saturated rings. The minimum absolute atomic E-state index is 0.135. The molecule has 3 nitrogen and oxygen atoms in total. The van der Waals surface area contributed by atoms with Crippen LogP contribution in [-0.2, 0) is 6.61 Å². The summed E-state index contributed by atoms with van der Waals surface area (Å²) in [5.41, 5.74) is 2.28. The zero-order chi connectivity index (χ0) is 13.1. The Balaban J connectivity index is 1.64. The van der Waals surface area contributed by atoms with Crippen molar-refractivity contribution in [2.45, 2.75) is 38.3 Å². The van der Waals surface area contributed by atoms with Crippen LogP contribution in [0, 0.1) is 0 Å². The molecule has 2 aliphatic rings. The molecule has 1 aliphatic carbocycles. The predicted molar refractivity (Wildman–Crippen MR) is 78.4 cm³/mol. The van der Waals surface area contributed by atoms with E-state index in [1.807, 2.05) is 6.07 Å². The van der Waals surface area contributed by atoms with Gasteiger partial charge in [0.2, 0.25) is 0 Å². The van der Waals surface area contributed by atoms with E-state index in [2.05, 4.69) is 28.0 Å². The lowest BCUT2D eigenvalue weighted by Crippen LogP contribution is -2.42. The zero-order valence-corrected chi connectivity index (χ0v) is 11.6. The minimum atomic E-state index is 0.135. The van der Waals surface area contributed by atoms with E-state index in [1.165, 1.54) is 44.5 Å². The molecule has 0 amide bonds. The molecule has 1 heterocycles. The minimum Gasteiger partial charge on any atom is -0.392 e. The summed E-state index contributed by atoms with van der Waals surface area (Å²) >= 11 is 0. The molecule has 0 spiro atoms. The van der Waals surface area contributed by atoms with Gasteiger partial charge in [-0.2, -0.15) is 0 Å². The molecular formula is C16H24N2O. The van der Waals surface area contributed by atoms with Crippen molar-refractivity contribution in [2.75, 3.05) is 31.1 Å². The zero-order valence-electron chi connectivity index (χ0n) is 11.6. The molecule has 0 radical (unpaired) electrons. The van der Waals surface area contributed by atoms with E-state index >= 15 is 0 Å². The second kappa shape index (κ2) is 5.93. The first-order valence-corrected chi connectivity index (χ1v) is 7.55. The lowest BCUT2D eigenvalue weighted by molar-refractivity contribution is 0.136. The van der Waals surface area contributed by atoms with Crippen LogP contribution in [-0.4, -0.2) is 42.2 Å². The number of hydrogen-bond donors (Lipinski definition) is 1. The molecule has 0 aromatic heterocycles.